The largest absolute Gasteiger partial charge is 0.377 e. The van der Waals surface area contributed by atoms with Crippen molar-refractivity contribution in [1.82, 2.24) is 4.90 Å². The van der Waals surface area contributed by atoms with Gasteiger partial charge < -0.3 is 9.64 Å². The molecule has 1 aliphatic rings. The van der Waals surface area contributed by atoms with E-state index in [0.29, 0.717) is 6.10 Å². The van der Waals surface area contributed by atoms with Gasteiger partial charge in [0.25, 0.3) is 0 Å². The summed E-state index contributed by atoms with van der Waals surface area (Å²) < 4.78 is 5.48. The van der Waals surface area contributed by atoms with Gasteiger partial charge in [0.05, 0.1) is 6.10 Å². The second-order valence-electron chi connectivity index (χ2n) is 2.99. The van der Waals surface area contributed by atoms with Crippen LogP contribution in [0.25, 0.3) is 0 Å². The first-order valence-electron chi connectivity index (χ1n) is 4.13. The lowest BCUT2D eigenvalue weighted by Gasteiger charge is -2.17. The van der Waals surface area contributed by atoms with Crippen molar-refractivity contribution >= 4 is 0 Å². The van der Waals surface area contributed by atoms with Gasteiger partial charge in [-0.2, -0.15) is 0 Å². The van der Waals surface area contributed by atoms with Gasteiger partial charge >= 0.3 is 0 Å². The Bertz CT molecular complexity index is 89.3. The van der Waals surface area contributed by atoms with Gasteiger partial charge in [0.1, 0.15) is 0 Å². The Hall–Kier alpha value is -0.0800. The first-order chi connectivity index (χ1) is 4.83. The molecule has 2 heteroatoms. The Labute approximate surface area is 63.2 Å². The third-order valence-electron chi connectivity index (χ3n) is 2.08. The molecule has 1 saturated heterocycles. The van der Waals surface area contributed by atoms with Crippen molar-refractivity contribution in [2.24, 2.45) is 0 Å². The van der Waals surface area contributed by atoms with Gasteiger partial charge in [0.2, 0.25) is 0 Å². The molecule has 0 spiro atoms. The van der Waals surface area contributed by atoms with Gasteiger partial charge in [-0.15, -0.1) is 0 Å². The standard InChI is InChI=1S/C8H17NO/c1-3-9(2)7-8-5-4-6-10-8/h8H,3-7H2,1-2H3/t8-/m0/s1. The topological polar surface area (TPSA) is 12.5 Å². The van der Waals surface area contributed by atoms with Crippen LogP contribution < -0.4 is 0 Å². The third kappa shape index (κ3) is 2.27. The van der Waals surface area contributed by atoms with Crippen molar-refractivity contribution in [3.8, 4) is 0 Å². The highest BCUT2D eigenvalue weighted by Gasteiger charge is 2.15. The zero-order chi connectivity index (χ0) is 7.40. The lowest BCUT2D eigenvalue weighted by Crippen LogP contribution is -2.28. The van der Waals surface area contributed by atoms with Crippen LogP contribution in [0, 0.1) is 0 Å². The summed E-state index contributed by atoms with van der Waals surface area (Å²) in [5.74, 6) is 0. The van der Waals surface area contributed by atoms with Crippen molar-refractivity contribution in [2.75, 3.05) is 26.7 Å². The van der Waals surface area contributed by atoms with Gasteiger partial charge in [-0.1, -0.05) is 6.92 Å². The summed E-state index contributed by atoms with van der Waals surface area (Å²) in [6.07, 6.45) is 3.02. The van der Waals surface area contributed by atoms with E-state index in [9.17, 15) is 0 Å². The number of nitrogens with zero attached hydrogens (tertiary/aromatic N) is 1. The van der Waals surface area contributed by atoms with Crippen LogP contribution in [0.5, 0.6) is 0 Å². The molecule has 0 unspecified atom stereocenters. The molecule has 0 aromatic rings. The third-order valence-corrected chi connectivity index (χ3v) is 2.08. The van der Waals surface area contributed by atoms with Crippen molar-refractivity contribution in [3.05, 3.63) is 0 Å². The Morgan fingerprint density at radius 2 is 2.40 bits per heavy atom. The van der Waals surface area contributed by atoms with Gasteiger partial charge in [0.15, 0.2) is 0 Å². The highest BCUT2D eigenvalue weighted by atomic mass is 16.5. The molecule has 0 radical (unpaired) electrons. The maximum absolute atomic E-state index is 5.48. The molecule has 0 amide bonds. The van der Waals surface area contributed by atoms with E-state index >= 15 is 0 Å². The minimum absolute atomic E-state index is 0.518. The maximum atomic E-state index is 5.48. The first kappa shape index (κ1) is 8.02. The molecular weight excluding hydrogens is 126 g/mol. The molecule has 0 bridgehead atoms. The van der Waals surface area contributed by atoms with E-state index in [-0.39, 0.29) is 0 Å². The number of rotatable bonds is 3. The predicted molar refractivity (Wildman–Crippen MR) is 42.1 cm³/mol. The van der Waals surface area contributed by atoms with E-state index in [1.54, 1.807) is 0 Å². The molecule has 0 saturated carbocycles. The van der Waals surface area contributed by atoms with E-state index in [2.05, 4.69) is 18.9 Å². The highest BCUT2D eigenvalue weighted by molar-refractivity contribution is 4.67. The monoisotopic (exact) mass is 143 g/mol. The molecule has 1 rings (SSSR count). The molecule has 60 valence electrons. The fraction of sp³-hybridized carbons (Fsp3) is 1.00. The normalized spacial score (nSPS) is 26.1. The Balaban J connectivity index is 2.11. The van der Waals surface area contributed by atoms with Gasteiger partial charge in [0, 0.05) is 13.2 Å². The second-order valence-corrected chi connectivity index (χ2v) is 2.99. The lowest BCUT2D eigenvalue weighted by atomic mass is 10.2. The van der Waals surface area contributed by atoms with E-state index < -0.39 is 0 Å². The maximum Gasteiger partial charge on any atom is 0.0702 e. The summed E-state index contributed by atoms with van der Waals surface area (Å²) in [5, 5.41) is 0. The summed E-state index contributed by atoms with van der Waals surface area (Å²) in [6.45, 7) is 5.38. The fourth-order valence-electron chi connectivity index (χ4n) is 1.27. The molecule has 1 atom stereocenters. The van der Waals surface area contributed by atoms with Crippen molar-refractivity contribution in [1.29, 1.82) is 0 Å². The Kier molecular flexibility index (Phi) is 3.16. The molecule has 1 fully saturated rings. The van der Waals surface area contributed by atoms with Gasteiger partial charge in [-0.25, -0.2) is 0 Å². The Morgan fingerprint density at radius 1 is 1.60 bits per heavy atom. The van der Waals surface area contributed by atoms with Crippen molar-refractivity contribution < 1.29 is 4.74 Å². The zero-order valence-corrected chi connectivity index (χ0v) is 6.97. The average Bonchev–Trinajstić information content (AvgIpc) is 2.40. The van der Waals surface area contributed by atoms with E-state index in [4.69, 9.17) is 4.74 Å². The van der Waals surface area contributed by atoms with Gasteiger partial charge in [-0.3, -0.25) is 0 Å². The minimum atomic E-state index is 0.518. The molecule has 0 N–H and O–H groups in total. The zero-order valence-electron chi connectivity index (χ0n) is 6.97. The van der Waals surface area contributed by atoms with E-state index in [1.165, 1.54) is 12.8 Å². The number of hydrogen-bond donors (Lipinski definition) is 0. The number of likely N-dealkylation sites (N-methyl/N-ethyl adjacent to an activating group) is 1. The summed E-state index contributed by atoms with van der Waals surface area (Å²) in [6, 6.07) is 0. The minimum Gasteiger partial charge on any atom is -0.377 e. The smallest absolute Gasteiger partial charge is 0.0702 e. The molecular formula is C8H17NO. The predicted octanol–water partition coefficient (Wildman–Crippen LogP) is 1.12. The van der Waals surface area contributed by atoms with Crippen molar-refractivity contribution in [2.45, 2.75) is 25.9 Å². The summed E-state index contributed by atoms with van der Waals surface area (Å²) in [5.41, 5.74) is 0. The summed E-state index contributed by atoms with van der Waals surface area (Å²) >= 11 is 0. The van der Waals surface area contributed by atoms with E-state index in [0.717, 1.165) is 19.7 Å². The van der Waals surface area contributed by atoms with Crippen LogP contribution in [-0.2, 0) is 4.74 Å². The molecule has 2 nitrogen and oxygen atoms in total. The van der Waals surface area contributed by atoms with Crippen LogP contribution in [0.1, 0.15) is 19.8 Å². The van der Waals surface area contributed by atoms with Crippen molar-refractivity contribution in [3.63, 3.8) is 0 Å². The second kappa shape index (κ2) is 3.94. The fourth-order valence-corrected chi connectivity index (χ4v) is 1.27. The van der Waals surface area contributed by atoms with Crippen LogP contribution in [0.4, 0.5) is 0 Å². The SMILES string of the molecule is CCN(C)C[C@@H]1CCCO1. The summed E-state index contributed by atoms with van der Waals surface area (Å²) in [7, 11) is 2.14. The number of hydrogen-bond acceptors (Lipinski definition) is 2. The molecule has 1 aliphatic heterocycles. The van der Waals surface area contributed by atoms with Crippen LogP contribution in [0.2, 0.25) is 0 Å². The van der Waals surface area contributed by atoms with Crippen LogP contribution >= 0.6 is 0 Å². The van der Waals surface area contributed by atoms with Crippen LogP contribution in [0.3, 0.4) is 0 Å². The molecule has 0 aromatic heterocycles. The molecule has 10 heavy (non-hydrogen) atoms. The first-order valence-corrected chi connectivity index (χ1v) is 4.13. The average molecular weight is 143 g/mol. The van der Waals surface area contributed by atoms with Crippen LogP contribution in [-0.4, -0.2) is 37.7 Å². The quantitative estimate of drug-likeness (QED) is 0.587. The lowest BCUT2D eigenvalue weighted by molar-refractivity contribution is 0.0827. The Morgan fingerprint density at radius 3 is 2.90 bits per heavy atom. The van der Waals surface area contributed by atoms with Gasteiger partial charge in [-0.05, 0) is 26.4 Å². The molecule has 1 heterocycles. The van der Waals surface area contributed by atoms with E-state index in [1.807, 2.05) is 0 Å². The summed E-state index contributed by atoms with van der Waals surface area (Å²) in [4.78, 5) is 2.30. The number of ether oxygens (including phenoxy) is 1. The highest BCUT2D eigenvalue weighted by Crippen LogP contribution is 2.12. The molecule has 0 aliphatic carbocycles. The van der Waals surface area contributed by atoms with Crippen LogP contribution in [0.15, 0.2) is 0 Å². The molecule has 0 aromatic carbocycles.